The van der Waals surface area contributed by atoms with Crippen LogP contribution < -0.4 is 0 Å². The number of hydrogen-bond acceptors (Lipinski definition) is 0. The average molecular weight is 941 g/mol. The molecule has 0 saturated carbocycles. The Morgan fingerprint density at radius 2 is 0.299 bits per heavy atom. The third-order valence-corrected chi connectivity index (χ3v) is 27.3. The molecule has 77 heavy (non-hydrogen) atoms. The molecule has 0 radical (unpaired) electrons. The van der Waals surface area contributed by atoms with Gasteiger partial charge in [-0.25, -0.2) is 0 Å². The van der Waals surface area contributed by atoms with Crippen LogP contribution in [0.3, 0.4) is 0 Å². The third kappa shape index (κ3) is 1.72. The Hall–Kier alpha value is -9.36. The molecule has 2 unspecified atom stereocenters. The Bertz CT molecular complexity index is 7690. The molecule has 0 heterocycles. The average Bonchev–Trinajstić information content (AvgIpc) is 1.68. The maximum absolute atomic E-state index is 2.62. The van der Waals surface area contributed by atoms with Gasteiger partial charge in [0.05, 0.1) is 0 Å². The van der Waals surface area contributed by atoms with Gasteiger partial charge in [-0.1, -0.05) is 67.1 Å². The van der Waals surface area contributed by atoms with E-state index < -0.39 is 0 Å². The summed E-state index contributed by atoms with van der Waals surface area (Å²) in [7, 11) is 0. The lowest BCUT2D eigenvalue weighted by molar-refractivity contribution is 0.510. The van der Waals surface area contributed by atoms with Crippen LogP contribution in [0, 0.1) is 0 Å². The molecule has 0 aliphatic heterocycles. The lowest BCUT2D eigenvalue weighted by Gasteiger charge is -2.48. The lowest BCUT2D eigenvalue weighted by Crippen LogP contribution is -2.38. The highest BCUT2D eigenvalue weighted by molar-refractivity contribution is 6.83. The van der Waals surface area contributed by atoms with Crippen molar-refractivity contribution in [3.63, 3.8) is 0 Å². The van der Waals surface area contributed by atoms with E-state index in [9.17, 15) is 0 Å². The molecule has 2 atom stereocenters. The fraction of sp³-hybridized carbons (Fsp3) is 0.0649. The summed E-state index contributed by atoms with van der Waals surface area (Å²) in [5, 5.41) is 92.9. The predicted molar refractivity (Wildman–Crippen MR) is 328 cm³/mol. The first kappa shape index (κ1) is 29.7. The van der Waals surface area contributed by atoms with Crippen molar-refractivity contribution < 1.29 is 0 Å². The summed E-state index contributed by atoms with van der Waals surface area (Å²) in [6.45, 7) is 0. The van der Waals surface area contributed by atoms with Crippen LogP contribution in [0.1, 0.15) is 52.6 Å². The summed E-state index contributed by atoms with van der Waals surface area (Å²) in [5.74, 6) is 0. The fourth-order valence-electron chi connectivity index (χ4n) is 26.9. The second-order valence-corrected chi connectivity index (χ2v) is 27.9. The normalized spacial score (nSPS) is 21.5. The molecule has 0 N–H and O–H groups in total. The maximum Gasteiger partial charge on any atom is 0.0473 e. The Morgan fingerprint density at radius 3 is 0.494 bits per heavy atom. The van der Waals surface area contributed by atoms with Gasteiger partial charge in [0.1, 0.15) is 0 Å². The molecule has 0 amide bonds. The smallest absolute Gasteiger partial charge is 0.0473 e. The number of benzene rings is 21. The lowest BCUT2D eigenvalue weighted by atomic mass is 9.53. The molecule has 0 heteroatoms. The standard InChI is InChI=1S/C77H16/c1-3-8-14(9-4-1)76-12-7-13-77(15-10-5-2-6-11-15)73-67-59-50-40-31-23-17-16-18-20-21-19(17)27(31)34-36-29(21)32-28(20)35-33-26(18)30-22(16)24-25(23)38-41-37(24)42-39(30)49-45(33)53-47(35)51-44(32)52-48(36)54(46(34)50)65(67)69-63(52)62(51)68(74(76)75(69)77)64(53)66-58(49)55(42)60-57(41)61(56(59)43(38)40)71(73)70(60)72(66)76/h1-6,8-11H,7,12-13H2. The van der Waals surface area contributed by atoms with Crippen LogP contribution in [0.5, 0.6) is 0 Å². The van der Waals surface area contributed by atoms with Gasteiger partial charge < -0.3 is 0 Å². The molecule has 0 aromatic heterocycles. The van der Waals surface area contributed by atoms with Crippen LogP contribution in [-0.2, 0) is 10.8 Å². The van der Waals surface area contributed by atoms with Gasteiger partial charge >= 0.3 is 0 Å². The van der Waals surface area contributed by atoms with E-state index in [2.05, 4.69) is 60.7 Å². The Labute approximate surface area is 423 Å². The molecule has 0 saturated heterocycles. The van der Waals surface area contributed by atoms with Crippen LogP contribution in [0.4, 0.5) is 0 Å². The highest BCUT2D eigenvalue weighted by atomic mass is 14.6. The molecule has 0 fully saturated rings. The SMILES string of the molecule is c1ccc(C23CCCC4(c5ccccc5)c5c2c2c6c7c3c3c8c4c4c9c5c5c2c2c%10c6c6c%11c7c7c3c3c8c8c4c4c%12c9c9c5c2c2c5c%10c6c6c%10c%11c7c7c3c3c8c4c4c8c%12c9c2c2c5c6c5c%10c7c3c4c5c82)cc1. The van der Waals surface area contributed by atoms with Crippen molar-refractivity contribution in [3.8, 4) is 0 Å². The second kappa shape index (κ2) is 7.06. The van der Waals surface area contributed by atoms with Crippen molar-refractivity contribution in [2.24, 2.45) is 0 Å². The monoisotopic (exact) mass is 940 g/mol. The van der Waals surface area contributed by atoms with Crippen molar-refractivity contribution in [2.45, 2.75) is 30.1 Å². The van der Waals surface area contributed by atoms with E-state index >= 15 is 0 Å². The number of rotatable bonds is 2. The molecular formula is C77H16. The number of fused-ring (bicyclic) bond motifs is 5. The van der Waals surface area contributed by atoms with Gasteiger partial charge in [0.25, 0.3) is 0 Å². The summed E-state index contributed by atoms with van der Waals surface area (Å²) >= 11 is 0. The van der Waals surface area contributed by atoms with Crippen molar-refractivity contribution in [1.82, 2.24) is 0 Å². The summed E-state index contributed by atoms with van der Waals surface area (Å²) < 4.78 is 0. The Kier molecular flexibility index (Phi) is 2.72. The van der Waals surface area contributed by atoms with Crippen LogP contribution in [0.25, 0.3) is 302 Å². The maximum atomic E-state index is 2.62. The Balaban J connectivity index is 1.18. The summed E-state index contributed by atoms with van der Waals surface area (Å²) in [6.07, 6.45) is 3.40. The first-order valence-electron chi connectivity index (χ1n) is 29.0. The predicted octanol–water partition coefficient (Wildman–Crippen LogP) is 21.2. The van der Waals surface area contributed by atoms with Crippen molar-refractivity contribution in [2.75, 3.05) is 0 Å². The zero-order valence-electron chi connectivity index (χ0n) is 39.9. The minimum atomic E-state index is -0.361. The molecule has 0 spiro atoms. The van der Waals surface area contributed by atoms with Crippen molar-refractivity contribution >= 4 is 302 Å². The molecule has 3 aliphatic rings. The molecule has 0 nitrogen and oxygen atoms in total. The largest absolute Gasteiger partial charge is 0.0622 e. The zero-order chi connectivity index (χ0) is 46.0. The number of hydrogen-bond donors (Lipinski definition) is 0. The minimum Gasteiger partial charge on any atom is -0.0622 e. The highest BCUT2D eigenvalue weighted by Crippen LogP contribution is 2.82. The first-order chi connectivity index (χ1) is 38.4. The molecule has 31 aromatic carbocycles. The molecule has 31 aromatic rings. The second-order valence-electron chi connectivity index (χ2n) is 27.9. The van der Waals surface area contributed by atoms with E-state index in [0.29, 0.717) is 0 Å². The quantitative estimate of drug-likeness (QED) is 0.152. The van der Waals surface area contributed by atoms with Gasteiger partial charge in [-0.3, -0.25) is 0 Å². The van der Waals surface area contributed by atoms with Crippen LogP contribution in [0.15, 0.2) is 60.7 Å². The third-order valence-electron chi connectivity index (χ3n) is 27.3. The first-order valence-corrected chi connectivity index (χ1v) is 29.0. The van der Waals surface area contributed by atoms with Gasteiger partial charge in [-0.05, 0) is 348 Å². The van der Waals surface area contributed by atoms with Crippen molar-refractivity contribution in [1.29, 1.82) is 0 Å². The molecular weight excluding hydrogens is 925 g/mol. The fourth-order valence-corrected chi connectivity index (χ4v) is 26.9. The van der Waals surface area contributed by atoms with E-state index in [0.717, 1.165) is 19.3 Å². The van der Waals surface area contributed by atoms with E-state index in [4.69, 9.17) is 0 Å². The van der Waals surface area contributed by atoms with E-state index in [-0.39, 0.29) is 10.8 Å². The van der Waals surface area contributed by atoms with E-state index in [1.807, 2.05) is 0 Å². The minimum absolute atomic E-state index is 0.361. The summed E-state index contributed by atoms with van der Waals surface area (Å²) in [4.78, 5) is 0. The highest BCUT2D eigenvalue weighted by Gasteiger charge is 2.60. The van der Waals surface area contributed by atoms with Gasteiger partial charge in [-0.2, -0.15) is 0 Å². The van der Waals surface area contributed by atoms with E-state index in [1.165, 1.54) is 11.1 Å². The Morgan fingerprint density at radius 1 is 0.156 bits per heavy atom. The molecule has 34 rings (SSSR count). The summed E-state index contributed by atoms with van der Waals surface area (Å²) in [5.41, 5.74) is 9.23. The van der Waals surface area contributed by atoms with Gasteiger partial charge in [0.2, 0.25) is 0 Å². The van der Waals surface area contributed by atoms with Gasteiger partial charge in [0, 0.05) is 10.8 Å². The molecule has 0 bridgehead atoms. The van der Waals surface area contributed by atoms with E-state index in [1.54, 1.807) is 324 Å². The topological polar surface area (TPSA) is 0 Å². The summed E-state index contributed by atoms with van der Waals surface area (Å²) in [6, 6.07) is 24.8. The van der Waals surface area contributed by atoms with Crippen LogP contribution >= 0.6 is 0 Å². The van der Waals surface area contributed by atoms with Crippen LogP contribution in [-0.4, -0.2) is 0 Å². The van der Waals surface area contributed by atoms with Gasteiger partial charge in [0.15, 0.2) is 0 Å². The van der Waals surface area contributed by atoms with Crippen LogP contribution in [0.2, 0.25) is 0 Å². The molecule has 3 aliphatic carbocycles. The van der Waals surface area contributed by atoms with Gasteiger partial charge in [-0.15, -0.1) is 0 Å². The molecule has 324 valence electrons. The van der Waals surface area contributed by atoms with Crippen molar-refractivity contribution in [3.05, 3.63) is 94.0 Å². The zero-order valence-corrected chi connectivity index (χ0v) is 39.9.